The SMILES string of the molecule is CC(C)(C)OC(=O)C[C@H](C=O)NC(=O)CCC(=O)O. The van der Waals surface area contributed by atoms with Crippen LogP contribution in [-0.4, -0.2) is 40.9 Å². The fourth-order valence-corrected chi connectivity index (χ4v) is 1.20. The lowest BCUT2D eigenvalue weighted by atomic mass is 10.1. The summed E-state index contributed by atoms with van der Waals surface area (Å²) in [6, 6.07) is -1.00. The van der Waals surface area contributed by atoms with Crippen molar-refractivity contribution >= 4 is 24.1 Å². The van der Waals surface area contributed by atoms with Crippen molar-refractivity contribution in [2.75, 3.05) is 0 Å². The minimum atomic E-state index is -1.11. The van der Waals surface area contributed by atoms with E-state index in [1.807, 2.05) is 0 Å². The molecule has 0 saturated carbocycles. The lowest BCUT2D eigenvalue weighted by molar-refractivity contribution is -0.156. The lowest BCUT2D eigenvalue weighted by Gasteiger charge is -2.20. The Morgan fingerprint density at radius 2 is 1.84 bits per heavy atom. The number of carboxylic acids is 1. The number of hydrogen-bond donors (Lipinski definition) is 2. The van der Waals surface area contributed by atoms with Crippen LogP contribution in [0.4, 0.5) is 0 Å². The molecule has 0 aliphatic heterocycles. The van der Waals surface area contributed by atoms with Crippen molar-refractivity contribution in [2.24, 2.45) is 0 Å². The number of aldehydes is 1. The van der Waals surface area contributed by atoms with Crippen molar-refractivity contribution in [1.29, 1.82) is 0 Å². The Balaban J connectivity index is 4.21. The molecule has 0 radical (unpaired) electrons. The molecule has 0 rings (SSSR count). The Morgan fingerprint density at radius 1 is 1.26 bits per heavy atom. The van der Waals surface area contributed by atoms with Crippen LogP contribution in [0.25, 0.3) is 0 Å². The summed E-state index contributed by atoms with van der Waals surface area (Å²) in [5.41, 5.74) is -0.669. The van der Waals surface area contributed by atoms with E-state index in [2.05, 4.69) is 5.32 Å². The van der Waals surface area contributed by atoms with Crippen LogP contribution in [0, 0.1) is 0 Å². The molecule has 0 saturated heterocycles. The van der Waals surface area contributed by atoms with Crippen molar-refractivity contribution in [2.45, 2.75) is 51.7 Å². The number of ether oxygens (including phenoxy) is 1. The molecule has 0 heterocycles. The Morgan fingerprint density at radius 3 is 2.26 bits per heavy atom. The zero-order chi connectivity index (χ0) is 15.1. The third kappa shape index (κ3) is 9.75. The molecular formula is C12H19NO6. The summed E-state index contributed by atoms with van der Waals surface area (Å²) >= 11 is 0. The van der Waals surface area contributed by atoms with Crippen LogP contribution in [0.1, 0.15) is 40.0 Å². The molecule has 0 aliphatic carbocycles. The number of rotatable bonds is 7. The van der Waals surface area contributed by atoms with Crippen molar-refractivity contribution < 1.29 is 29.0 Å². The van der Waals surface area contributed by atoms with Gasteiger partial charge in [0, 0.05) is 6.42 Å². The van der Waals surface area contributed by atoms with Crippen LogP contribution in [0.2, 0.25) is 0 Å². The van der Waals surface area contributed by atoms with Crippen LogP contribution in [0.3, 0.4) is 0 Å². The molecule has 0 aromatic rings. The first-order valence-corrected chi connectivity index (χ1v) is 5.82. The molecule has 0 fully saturated rings. The van der Waals surface area contributed by atoms with E-state index >= 15 is 0 Å². The van der Waals surface area contributed by atoms with Crippen LogP contribution >= 0.6 is 0 Å². The summed E-state index contributed by atoms with van der Waals surface area (Å²) in [7, 11) is 0. The van der Waals surface area contributed by atoms with Gasteiger partial charge in [-0.3, -0.25) is 14.4 Å². The molecule has 108 valence electrons. The van der Waals surface area contributed by atoms with Gasteiger partial charge in [0.25, 0.3) is 0 Å². The quantitative estimate of drug-likeness (QED) is 0.509. The molecule has 1 atom stereocenters. The maximum absolute atomic E-state index is 11.4. The zero-order valence-electron chi connectivity index (χ0n) is 11.3. The summed E-state index contributed by atoms with van der Waals surface area (Å²) in [6.07, 6.45) is -0.431. The number of aliphatic carboxylic acids is 1. The molecule has 0 bridgehead atoms. The number of carboxylic acid groups (broad SMARTS) is 1. The van der Waals surface area contributed by atoms with E-state index in [1.54, 1.807) is 20.8 Å². The maximum Gasteiger partial charge on any atom is 0.308 e. The van der Waals surface area contributed by atoms with Crippen LogP contribution < -0.4 is 5.32 Å². The molecule has 0 spiro atoms. The Kier molecular flexibility index (Phi) is 6.74. The largest absolute Gasteiger partial charge is 0.481 e. The maximum atomic E-state index is 11.4. The number of nitrogens with one attached hydrogen (secondary N) is 1. The van der Waals surface area contributed by atoms with Gasteiger partial charge >= 0.3 is 11.9 Å². The van der Waals surface area contributed by atoms with E-state index in [0.29, 0.717) is 6.29 Å². The van der Waals surface area contributed by atoms with Gasteiger partial charge in [-0.1, -0.05) is 0 Å². The lowest BCUT2D eigenvalue weighted by Crippen LogP contribution is -2.39. The van der Waals surface area contributed by atoms with Crippen molar-refractivity contribution in [3.05, 3.63) is 0 Å². The Bertz CT molecular complexity index is 358. The number of carbonyl (C=O) groups is 4. The molecule has 0 aliphatic rings. The molecule has 2 N–H and O–H groups in total. The fraction of sp³-hybridized carbons (Fsp3) is 0.667. The van der Waals surface area contributed by atoms with E-state index in [1.165, 1.54) is 0 Å². The standard InChI is InChI=1S/C12H19NO6/c1-12(2,3)19-11(18)6-8(7-14)13-9(15)4-5-10(16)17/h7-8H,4-6H2,1-3H3,(H,13,15)(H,16,17)/t8-/m1/s1. The number of hydrogen-bond acceptors (Lipinski definition) is 5. The van der Waals surface area contributed by atoms with Crippen molar-refractivity contribution in [3.63, 3.8) is 0 Å². The van der Waals surface area contributed by atoms with Gasteiger partial charge < -0.3 is 20.0 Å². The van der Waals surface area contributed by atoms with E-state index in [0.717, 1.165) is 0 Å². The van der Waals surface area contributed by atoms with Gasteiger partial charge in [0.1, 0.15) is 11.9 Å². The Labute approximate surface area is 111 Å². The third-order valence-corrected chi connectivity index (χ3v) is 1.88. The molecule has 0 unspecified atom stereocenters. The highest BCUT2D eigenvalue weighted by molar-refractivity contribution is 5.84. The zero-order valence-corrected chi connectivity index (χ0v) is 11.3. The van der Waals surface area contributed by atoms with Crippen LogP contribution in [0.5, 0.6) is 0 Å². The normalized spacial score (nSPS) is 12.4. The highest BCUT2D eigenvalue weighted by atomic mass is 16.6. The topological polar surface area (TPSA) is 110 Å². The number of amides is 1. The van der Waals surface area contributed by atoms with Gasteiger partial charge in [-0.05, 0) is 20.8 Å². The predicted molar refractivity (Wildman–Crippen MR) is 65.3 cm³/mol. The van der Waals surface area contributed by atoms with Crippen LogP contribution in [-0.2, 0) is 23.9 Å². The summed E-state index contributed by atoms with van der Waals surface area (Å²) in [5, 5.41) is 10.7. The highest BCUT2D eigenvalue weighted by Crippen LogP contribution is 2.09. The molecule has 19 heavy (non-hydrogen) atoms. The number of carbonyl (C=O) groups excluding carboxylic acids is 3. The second-order valence-electron chi connectivity index (χ2n) is 4.99. The van der Waals surface area contributed by atoms with Crippen LogP contribution in [0.15, 0.2) is 0 Å². The molecular weight excluding hydrogens is 254 g/mol. The smallest absolute Gasteiger partial charge is 0.308 e. The van der Waals surface area contributed by atoms with Gasteiger partial charge in [-0.2, -0.15) is 0 Å². The molecule has 0 aromatic carbocycles. The summed E-state index contributed by atoms with van der Waals surface area (Å²) < 4.78 is 5.01. The van der Waals surface area contributed by atoms with Gasteiger partial charge in [-0.25, -0.2) is 0 Å². The van der Waals surface area contributed by atoms with E-state index in [9.17, 15) is 19.2 Å². The average molecular weight is 273 g/mol. The number of esters is 1. The van der Waals surface area contributed by atoms with Crippen molar-refractivity contribution in [3.8, 4) is 0 Å². The van der Waals surface area contributed by atoms with E-state index in [4.69, 9.17) is 9.84 Å². The van der Waals surface area contributed by atoms with Crippen molar-refractivity contribution in [1.82, 2.24) is 5.32 Å². The van der Waals surface area contributed by atoms with Gasteiger partial charge in [-0.15, -0.1) is 0 Å². The summed E-state index contributed by atoms with van der Waals surface area (Å²) in [4.78, 5) is 43.8. The highest BCUT2D eigenvalue weighted by Gasteiger charge is 2.21. The van der Waals surface area contributed by atoms with Gasteiger partial charge in [0.15, 0.2) is 0 Å². The first-order valence-electron chi connectivity index (χ1n) is 5.82. The monoisotopic (exact) mass is 273 g/mol. The molecule has 7 nitrogen and oxygen atoms in total. The summed E-state index contributed by atoms with van der Waals surface area (Å²) in [5.74, 6) is -2.31. The molecule has 1 amide bonds. The van der Waals surface area contributed by atoms with Gasteiger partial charge in [0.2, 0.25) is 5.91 Å². The molecule has 7 heteroatoms. The minimum absolute atomic E-state index is 0.242. The second kappa shape index (κ2) is 7.50. The third-order valence-electron chi connectivity index (χ3n) is 1.88. The van der Waals surface area contributed by atoms with Gasteiger partial charge in [0.05, 0.1) is 18.9 Å². The predicted octanol–water partition coefficient (Wildman–Crippen LogP) is 0.267. The summed E-state index contributed by atoms with van der Waals surface area (Å²) in [6.45, 7) is 5.06. The second-order valence-corrected chi connectivity index (χ2v) is 4.99. The Hall–Kier alpha value is -1.92. The molecule has 0 aromatic heterocycles. The van der Waals surface area contributed by atoms with E-state index in [-0.39, 0.29) is 19.3 Å². The minimum Gasteiger partial charge on any atom is -0.481 e. The van der Waals surface area contributed by atoms with E-state index < -0.39 is 29.5 Å². The fourth-order valence-electron chi connectivity index (χ4n) is 1.20. The first kappa shape index (κ1) is 17.1. The average Bonchev–Trinajstić information content (AvgIpc) is 2.22. The first-order chi connectivity index (χ1) is 8.64.